The van der Waals surface area contributed by atoms with Crippen LogP contribution in [0.25, 0.3) is 5.82 Å². The monoisotopic (exact) mass is 190 g/mol. The van der Waals surface area contributed by atoms with Crippen LogP contribution in [0.1, 0.15) is 11.5 Å². The molecule has 14 heavy (non-hydrogen) atoms. The minimum Gasteiger partial charge on any atom is -0.310 e. The Balaban J connectivity index is 2.63. The van der Waals surface area contributed by atoms with Gasteiger partial charge in [0, 0.05) is 24.2 Å². The van der Waals surface area contributed by atoms with Crippen molar-refractivity contribution in [2.75, 3.05) is 0 Å². The lowest BCUT2D eigenvalue weighted by Gasteiger charge is -2.03. The summed E-state index contributed by atoms with van der Waals surface area (Å²) in [6, 6.07) is 1.80. The van der Waals surface area contributed by atoms with Crippen molar-refractivity contribution in [3.8, 4) is 5.82 Å². The predicted molar refractivity (Wildman–Crippen MR) is 51.5 cm³/mol. The highest BCUT2D eigenvalue weighted by Crippen LogP contribution is 2.05. The van der Waals surface area contributed by atoms with Gasteiger partial charge < -0.3 is 4.98 Å². The number of hydrogen-bond donors (Lipinski definition) is 1. The van der Waals surface area contributed by atoms with Gasteiger partial charge in [-0.1, -0.05) is 0 Å². The highest BCUT2D eigenvalue weighted by atomic mass is 16.1. The average molecular weight is 190 g/mol. The SMILES string of the molecule is Cc1cc(-n2ccnc2C)nc(=O)[nH]1. The first-order valence-electron chi connectivity index (χ1n) is 4.25. The number of aromatic nitrogens is 4. The van der Waals surface area contributed by atoms with Crippen LogP contribution in [0.15, 0.2) is 23.3 Å². The smallest absolute Gasteiger partial charge is 0.310 e. The summed E-state index contributed by atoms with van der Waals surface area (Å²) in [4.78, 5) is 21.6. The molecule has 0 radical (unpaired) electrons. The molecule has 0 aliphatic heterocycles. The normalized spacial score (nSPS) is 10.4. The summed E-state index contributed by atoms with van der Waals surface area (Å²) in [5, 5.41) is 0. The molecule has 2 aromatic heterocycles. The average Bonchev–Trinajstić information content (AvgIpc) is 2.49. The van der Waals surface area contributed by atoms with Gasteiger partial charge in [-0.2, -0.15) is 4.98 Å². The zero-order valence-electron chi connectivity index (χ0n) is 7.98. The molecule has 72 valence electrons. The molecule has 2 heterocycles. The number of H-pyrrole nitrogens is 1. The Bertz CT molecular complexity index is 512. The van der Waals surface area contributed by atoms with Gasteiger partial charge in [0.05, 0.1) is 0 Å². The Morgan fingerprint density at radius 3 is 2.79 bits per heavy atom. The first kappa shape index (κ1) is 8.68. The second kappa shape index (κ2) is 3.10. The number of hydrogen-bond acceptors (Lipinski definition) is 3. The molecule has 0 bridgehead atoms. The number of aryl methyl sites for hydroxylation is 2. The molecule has 2 aromatic rings. The third-order valence-electron chi connectivity index (χ3n) is 1.94. The van der Waals surface area contributed by atoms with Crippen LogP contribution in [-0.4, -0.2) is 19.5 Å². The van der Waals surface area contributed by atoms with Crippen LogP contribution in [0.5, 0.6) is 0 Å². The molecule has 5 nitrogen and oxygen atoms in total. The molecule has 0 aliphatic carbocycles. The van der Waals surface area contributed by atoms with E-state index in [1.165, 1.54) is 0 Å². The van der Waals surface area contributed by atoms with Crippen LogP contribution in [0, 0.1) is 13.8 Å². The summed E-state index contributed by atoms with van der Waals surface area (Å²) in [5.41, 5.74) is 0.446. The molecule has 2 rings (SSSR count). The summed E-state index contributed by atoms with van der Waals surface area (Å²) >= 11 is 0. The van der Waals surface area contributed by atoms with Gasteiger partial charge in [-0.25, -0.2) is 9.78 Å². The van der Waals surface area contributed by atoms with E-state index >= 15 is 0 Å². The van der Waals surface area contributed by atoms with Crippen LogP contribution in [0.3, 0.4) is 0 Å². The van der Waals surface area contributed by atoms with Crippen molar-refractivity contribution in [1.82, 2.24) is 19.5 Å². The lowest BCUT2D eigenvalue weighted by Crippen LogP contribution is -2.15. The molecule has 0 saturated heterocycles. The van der Waals surface area contributed by atoms with E-state index in [0.717, 1.165) is 11.5 Å². The first-order chi connectivity index (χ1) is 6.66. The van der Waals surface area contributed by atoms with Crippen LogP contribution < -0.4 is 5.69 Å². The molecule has 5 heteroatoms. The third-order valence-corrected chi connectivity index (χ3v) is 1.94. The molecule has 1 N–H and O–H groups in total. The standard InChI is InChI=1S/C9H10N4O/c1-6-5-8(12-9(14)11-6)13-4-3-10-7(13)2/h3-5H,1-2H3,(H,11,12,14). The van der Waals surface area contributed by atoms with Crippen molar-refractivity contribution >= 4 is 0 Å². The Hall–Kier alpha value is -1.91. The summed E-state index contributed by atoms with van der Waals surface area (Å²) in [6.07, 6.45) is 3.45. The maximum atomic E-state index is 11.1. The maximum absolute atomic E-state index is 11.1. The zero-order chi connectivity index (χ0) is 10.1. The Morgan fingerprint density at radius 1 is 1.43 bits per heavy atom. The number of nitrogens with one attached hydrogen (secondary N) is 1. The Kier molecular flexibility index (Phi) is 1.92. The van der Waals surface area contributed by atoms with E-state index in [1.807, 2.05) is 13.8 Å². The fourth-order valence-electron chi connectivity index (χ4n) is 1.31. The van der Waals surface area contributed by atoms with Gasteiger partial charge in [0.2, 0.25) is 0 Å². The highest BCUT2D eigenvalue weighted by molar-refractivity contribution is 5.24. The van der Waals surface area contributed by atoms with Crippen LogP contribution in [-0.2, 0) is 0 Å². The number of nitrogens with zero attached hydrogens (tertiary/aromatic N) is 3. The van der Waals surface area contributed by atoms with Crippen molar-refractivity contribution in [2.45, 2.75) is 13.8 Å². The minimum atomic E-state index is -0.340. The van der Waals surface area contributed by atoms with Gasteiger partial charge in [-0.3, -0.25) is 4.57 Å². The predicted octanol–water partition coefficient (Wildman–Crippen LogP) is 0.572. The summed E-state index contributed by atoms with van der Waals surface area (Å²) in [7, 11) is 0. The van der Waals surface area contributed by atoms with Crippen LogP contribution in [0.2, 0.25) is 0 Å². The molecule has 0 spiro atoms. The fraction of sp³-hybridized carbons (Fsp3) is 0.222. The number of rotatable bonds is 1. The van der Waals surface area contributed by atoms with E-state index in [4.69, 9.17) is 0 Å². The van der Waals surface area contributed by atoms with E-state index in [1.54, 1.807) is 23.0 Å². The van der Waals surface area contributed by atoms with Gasteiger partial charge in [-0.15, -0.1) is 0 Å². The van der Waals surface area contributed by atoms with Gasteiger partial charge in [0.1, 0.15) is 11.6 Å². The Labute approximate surface area is 80.5 Å². The molecule has 0 aromatic carbocycles. The lowest BCUT2D eigenvalue weighted by molar-refractivity contribution is 0.890. The zero-order valence-corrected chi connectivity index (χ0v) is 7.98. The van der Waals surface area contributed by atoms with Crippen molar-refractivity contribution in [2.24, 2.45) is 0 Å². The van der Waals surface area contributed by atoms with Crippen molar-refractivity contribution < 1.29 is 0 Å². The lowest BCUT2D eigenvalue weighted by atomic mass is 10.4. The maximum Gasteiger partial charge on any atom is 0.347 e. The van der Waals surface area contributed by atoms with Crippen molar-refractivity contribution in [3.05, 3.63) is 40.5 Å². The summed E-state index contributed by atoms with van der Waals surface area (Å²) in [5.74, 6) is 1.41. The molecule has 0 aliphatic rings. The number of imidazole rings is 1. The molecule has 0 amide bonds. The highest BCUT2D eigenvalue weighted by Gasteiger charge is 2.02. The van der Waals surface area contributed by atoms with Gasteiger partial charge in [0.25, 0.3) is 0 Å². The minimum absolute atomic E-state index is 0.340. The van der Waals surface area contributed by atoms with E-state index in [0.29, 0.717) is 5.82 Å². The molecule has 0 saturated carbocycles. The van der Waals surface area contributed by atoms with Gasteiger partial charge >= 0.3 is 5.69 Å². The van der Waals surface area contributed by atoms with Gasteiger partial charge in [0.15, 0.2) is 0 Å². The molecular formula is C9H10N4O. The Morgan fingerprint density at radius 2 is 2.21 bits per heavy atom. The van der Waals surface area contributed by atoms with E-state index in [9.17, 15) is 4.79 Å². The number of aromatic amines is 1. The molecular weight excluding hydrogens is 180 g/mol. The van der Waals surface area contributed by atoms with E-state index in [2.05, 4.69) is 15.0 Å². The molecule has 0 atom stereocenters. The second-order valence-electron chi connectivity index (χ2n) is 3.07. The van der Waals surface area contributed by atoms with Crippen LogP contribution in [0.4, 0.5) is 0 Å². The second-order valence-corrected chi connectivity index (χ2v) is 3.07. The summed E-state index contributed by atoms with van der Waals surface area (Å²) < 4.78 is 1.77. The van der Waals surface area contributed by atoms with E-state index in [-0.39, 0.29) is 5.69 Å². The van der Waals surface area contributed by atoms with Crippen molar-refractivity contribution in [3.63, 3.8) is 0 Å². The first-order valence-corrected chi connectivity index (χ1v) is 4.25. The largest absolute Gasteiger partial charge is 0.347 e. The quantitative estimate of drug-likeness (QED) is 0.715. The summed E-state index contributed by atoms with van der Waals surface area (Å²) in [6.45, 7) is 3.68. The molecule has 0 fully saturated rings. The van der Waals surface area contributed by atoms with E-state index < -0.39 is 0 Å². The third kappa shape index (κ3) is 1.44. The topological polar surface area (TPSA) is 63.6 Å². The molecule has 0 unspecified atom stereocenters. The van der Waals surface area contributed by atoms with Crippen LogP contribution >= 0.6 is 0 Å². The van der Waals surface area contributed by atoms with Gasteiger partial charge in [-0.05, 0) is 13.8 Å². The van der Waals surface area contributed by atoms with Crippen molar-refractivity contribution in [1.29, 1.82) is 0 Å². The fourth-order valence-corrected chi connectivity index (χ4v) is 1.31.